The van der Waals surface area contributed by atoms with Gasteiger partial charge in [0, 0.05) is 0 Å². The number of carbonyl (C=O) groups excluding carboxylic acids is 1. The number of nitrogens with one attached hydrogen (secondary N) is 1. The van der Waals surface area contributed by atoms with Crippen molar-refractivity contribution in [1.82, 2.24) is 0 Å². The van der Waals surface area contributed by atoms with E-state index in [4.69, 9.17) is 0 Å². The van der Waals surface area contributed by atoms with Crippen LogP contribution in [0.3, 0.4) is 0 Å². The summed E-state index contributed by atoms with van der Waals surface area (Å²) in [5.41, 5.74) is 0.984. The van der Waals surface area contributed by atoms with E-state index < -0.39 is 21.9 Å². The number of methoxy groups -OCH3 is 1. The van der Waals surface area contributed by atoms with E-state index in [0.29, 0.717) is 11.3 Å². The second-order valence-electron chi connectivity index (χ2n) is 3.71. The lowest BCUT2D eigenvalue weighted by molar-refractivity contribution is -0.141. The Bertz CT molecular complexity index is 510. The molecule has 1 unspecified atom stereocenters. The maximum absolute atomic E-state index is 11.4. The van der Waals surface area contributed by atoms with E-state index in [1.807, 2.05) is 0 Å². The van der Waals surface area contributed by atoms with E-state index in [1.165, 1.54) is 7.11 Å². The van der Waals surface area contributed by atoms with Crippen molar-refractivity contribution in [3.63, 3.8) is 0 Å². The van der Waals surface area contributed by atoms with Gasteiger partial charge in [0.05, 0.1) is 25.0 Å². The van der Waals surface area contributed by atoms with Gasteiger partial charge in [-0.1, -0.05) is 18.2 Å². The molecule has 0 heterocycles. The molecule has 0 radical (unpaired) electrons. The number of anilines is 1. The summed E-state index contributed by atoms with van der Waals surface area (Å²) in [6.07, 6.45) is 1.06. The van der Waals surface area contributed by atoms with E-state index in [2.05, 4.69) is 9.46 Å². The molecule has 0 spiro atoms. The lowest BCUT2D eigenvalue weighted by Crippen LogP contribution is -2.16. The molecule has 0 fully saturated rings. The molecular weight excluding hydrogens is 242 g/mol. The number of sulfonamides is 1. The summed E-state index contributed by atoms with van der Waals surface area (Å²) in [5.74, 6) is -0.932. The second kappa shape index (κ2) is 5.18. The molecule has 94 valence electrons. The van der Waals surface area contributed by atoms with Gasteiger partial charge >= 0.3 is 5.97 Å². The van der Waals surface area contributed by atoms with Crippen molar-refractivity contribution in [1.29, 1.82) is 0 Å². The monoisotopic (exact) mass is 257 g/mol. The Morgan fingerprint density at radius 2 is 1.94 bits per heavy atom. The van der Waals surface area contributed by atoms with Crippen LogP contribution in [-0.4, -0.2) is 27.8 Å². The predicted molar refractivity (Wildman–Crippen MR) is 65.3 cm³/mol. The van der Waals surface area contributed by atoms with Crippen LogP contribution in [0.25, 0.3) is 0 Å². The van der Waals surface area contributed by atoms with E-state index in [1.54, 1.807) is 31.2 Å². The van der Waals surface area contributed by atoms with Crippen molar-refractivity contribution in [3.8, 4) is 0 Å². The molecule has 0 saturated carbocycles. The Morgan fingerprint density at radius 1 is 1.35 bits per heavy atom. The molecule has 0 saturated heterocycles. The number of para-hydroxylation sites is 1. The van der Waals surface area contributed by atoms with Gasteiger partial charge in [0.25, 0.3) is 0 Å². The van der Waals surface area contributed by atoms with Crippen LogP contribution < -0.4 is 4.72 Å². The van der Waals surface area contributed by atoms with Crippen molar-refractivity contribution in [2.45, 2.75) is 12.8 Å². The predicted octanol–water partition coefficient (Wildman–Crippen LogP) is 1.33. The molecule has 1 atom stereocenters. The lowest BCUT2D eigenvalue weighted by atomic mass is 10.00. The van der Waals surface area contributed by atoms with Crippen molar-refractivity contribution in [3.05, 3.63) is 29.8 Å². The van der Waals surface area contributed by atoms with Gasteiger partial charge in [0.2, 0.25) is 10.0 Å². The Balaban J connectivity index is 3.12. The Hall–Kier alpha value is -1.56. The highest BCUT2D eigenvalue weighted by Crippen LogP contribution is 2.25. The number of ether oxygens (including phenoxy) is 1. The second-order valence-corrected chi connectivity index (χ2v) is 5.45. The molecular formula is C11H15NO4S. The smallest absolute Gasteiger partial charge is 0.312 e. The topological polar surface area (TPSA) is 72.5 Å². The zero-order valence-electron chi connectivity index (χ0n) is 9.93. The third-order valence-corrected chi connectivity index (χ3v) is 2.87. The maximum Gasteiger partial charge on any atom is 0.312 e. The number of benzene rings is 1. The number of esters is 1. The van der Waals surface area contributed by atoms with Gasteiger partial charge in [-0.15, -0.1) is 0 Å². The van der Waals surface area contributed by atoms with E-state index in [-0.39, 0.29) is 0 Å². The largest absolute Gasteiger partial charge is 0.469 e. The average molecular weight is 257 g/mol. The summed E-state index contributed by atoms with van der Waals surface area (Å²) in [4.78, 5) is 11.4. The molecule has 6 heteroatoms. The summed E-state index contributed by atoms with van der Waals surface area (Å²) in [7, 11) is -2.07. The summed E-state index contributed by atoms with van der Waals surface area (Å²) in [6.45, 7) is 1.66. The van der Waals surface area contributed by atoms with Crippen LogP contribution in [0.2, 0.25) is 0 Å². The van der Waals surface area contributed by atoms with Gasteiger partial charge in [0.1, 0.15) is 0 Å². The molecule has 0 aliphatic heterocycles. The Labute approximate surface area is 101 Å². The minimum atomic E-state index is -3.37. The first-order valence-corrected chi connectivity index (χ1v) is 6.89. The van der Waals surface area contributed by atoms with Crippen molar-refractivity contribution in [2.24, 2.45) is 0 Å². The quantitative estimate of drug-likeness (QED) is 0.826. The number of hydrogen-bond donors (Lipinski definition) is 1. The van der Waals surface area contributed by atoms with Gasteiger partial charge in [-0.25, -0.2) is 8.42 Å². The summed E-state index contributed by atoms with van der Waals surface area (Å²) >= 11 is 0. The summed E-state index contributed by atoms with van der Waals surface area (Å²) in [6, 6.07) is 6.73. The van der Waals surface area contributed by atoms with Gasteiger partial charge in [-0.2, -0.15) is 0 Å². The molecule has 0 aromatic heterocycles. The minimum absolute atomic E-state index is 0.396. The van der Waals surface area contributed by atoms with Gasteiger partial charge in [0.15, 0.2) is 0 Å². The number of rotatable bonds is 4. The van der Waals surface area contributed by atoms with Crippen LogP contribution >= 0.6 is 0 Å². The summed E-state index contributed by atoms with van der Waals surface area (Å²) in [5, 5.41) is 0. The first-order valence-electron chi connectivity index (χ1n) is 4.99. The summed E-state index contributed by atoms with van der Waals surface area (Å²) < 4.78 is 29.4. The zero-order valence-corrected chi connectivity index (χ0v) is 10.7. The fourth-order valence-electron chi connectivity index (χ4n) is 1.47. The van der Waals surface area contributed by atoms with E-state index in [0.717, 1.165) is 6.26 Å². The van der Waals surface area contributed by atoms with Crippen molar-refractivity contribution < 1.29 is 17.9 Å². The van der Waals surface area contributed by atoms with Crippen LogP contribution in [0.4, 0.5) is 5.69 Å². The van der Waals surface area contributed by atoms with Gasteiger partial charge < -0.3 is 4.74 Å². The molecule has 1 rings (SSSR count). The van der Waals surface area contributed by atoms with Crippen LogP contribution in [-0.2, 0) is 19.6 Å². The molecule has 1 N–H and O–H groups in total. The Kier molecular flexibility index (Phi) is 4.11. The molecule has 17 heavy (non-hydrogen) atoms. The van der Waals surface area contributed by atoms with Crippen molar-refractivity contribution in [2.75, 3.05) is 18.1 Å². The van der Waals surface area contributed by atoms with E-state index in [9.17, 15) is 13.2 Å². The number of hydrogen-bond acceptors (Lipinski definition) is 4. The average Bonchev–Trinajstić information content (AvgIpc) is 2.25. The van der Waals surface area contributed by atoms with Crippen LogP contribution in [0.1, 0.15) is 18.4 Å². The lowest BCUT2D eigenvalue weighted by Gasteiger charge is -2.14. The fraction of sp³-hybridized carbons (Fsp3) is 0.364. The molecule has 0 aliphatic rings. The zero-order chi connectivity index (χ0) is 13.1. The van der Waals surface area contributed by atoms with E-state index >= 15 is 0 Å². The van der Waals surface area contributed by atoms with Gasteiger partial charge in [-0.3, -0.25) is 9.52 Å². The Morgan fingerprint density at radius 3 is 2.47 bits per heavy atom. The molecule has 5 nitrogen and oxygen atoms in total. The third kappa shape index (κ3) is 3.74. The maximum atomic E-state index is 11.4. The molecule has 1 aromatic rings. The SMILES string of the molecule is COC(=O)C(C)c1ccccc1NS(C)(=O)=O. The fourth-order valence-corrected chi connectivity index (χ4v) is 2.06. The van der Waals surface area contributed by atoms with Crippen LogP contribution in [0.5, 0.6) is 0 Å². The van der Waals surface area contributed by atoms with Crippen LogP contribution in [0.15, 0.2) is 24.3 Å². The highest BCUT2D eigenvalue weighted by atomic mass is 32.2. The standard InChI is InChI=1S/C11H15NO4S/c1-8(11(13)16-2)9-6-4-5-7-10(9)12-17(3,14)15/h4-8,12H,1-3H3. The van der Waals surface area contributed by atoms with Crippen molar-refractivity contribution >= 4 is 21.7 Å². The first kappa shape index (κ1) is 13.5. The highest BCUT2D eigenvalue weighted by Gasteiger charge is 2.19. The molecule has 0 aliphatic carbocycles. The molecule has 0 bridgehead atoms. The normalized spacial score (nSPS) is 12.9. The highest BCUT2D eigenvalue weighted by molar-refractivity contribution is 7.92. The molecule has 1 aromatic carbocycles. The molecule has 0 amide bonds. The third-order valence-electron chi connectivity index (χ3n) is 2.28. The van der Waals surface area contributed by atoms with Gasteiger partial charge in [-0.05, 0) is 18.6 Å². The number of carbonyl (C=O) groups is 1. The minimum Gasteiger partial charge on any atom is -0.469 e. The van der Waals surface area contributed by atoms with Crippen LogP contribution in [0, 0.1) is 0 Å². The first-order chi connectivity index (χ1) is 7.85.